The Kier molecular flexibility index (Phi) is 9.42. The van der Waals surface area contributed by atoms with Crippen LogP contribution in [0.15, 0.2) is 36.4 Å². The SMILES string of the molecule is Cc1cccc(C)c1NC(=O)CN(C)CCC[C@@H](C(=O)Nc1c(C)cccc1C)N(C)C. The summed E-state index contributed by atoms with van der Waals surface area (Å²) < 4.78 is 0. The highest BCUT2D eigenvalue weighted by atomic mass is 16.2. The molecule has 0 aromatic heterocycles. The van der Waals surface area contributed by atoms with Crippen molar-refractivity contribution in [2.24, 2.45) is 0 Å². The number of rotatable bonds is 10. The van der Waals surface area contributed by atoms with Crippen molar-refractivity contribution in [3.63, 3.8) is 0 Å². The zero-order valence-corrected chi connectivity index (χ0v) is 20.6. The summed E-state index contributed by atoms with van der Waals surface area (Å²) in [6.07, 6.45) is 1.53. The molecule has 0 saturated carbocycles. The van der Waals surface area contributed by atoms with Gasteiger partial charge in [0.2, 0.25) is 11.8 Å². The maximum absolute atomic E-state index is 12.9. The Morgan fingerprint density at radius 3 is 1.75 bits per heavy atom. The number of carbonyl (C=O) groups is 2. The van der Waals surface area contributed by atoms with Crippen LogP contribution in [-0.2, 0) is 9.59 Å². The molecule has 6 heteroatoms. The van der Waals surface area contributed by atoms with Crippen molar-refractivity contribution in [2.45, 2.75) is 46.6 Å². The molecule has 0 aliphatic carbocycles. The third-order valence-corrected chi connectivity index (χ3v) is 5.83. The maximum atomic E-state index is 12.9. The molecule has 0 radical (unpaired) electrons. The van der Waals surface area contributed by atoms with Crippen molar-refractivity contribution >= 4 is 23.2 Å². The highest BCUT2D eigenvalue weighted by molar-refractivity contribution is 5.96. The Balaban J connectivity index is 1.86. The summed E-state index contributed by atoms with van der Waals surface area (Å²) in [6, 6.07) is 11.8. The Morgan fingerprint density at radius 1 is 0.812 bits per heavy atom. The van der Waals surface area contributed by atoms with E-state index in [0.29, 0.717) is 13.0 Å². The van der Waals surface area contributed by atoms with E-state index in [2.05, 4.69) is 10.6 Å². The molecule has 0 aliphatic rings. The number of anilines is 2. The number of hydrogen-bond donors (Lipinski definition) is 2. The van der Waals surface area contributed by atoms with Crippen LogP contribution in [0.1, 0.15) is 35.1 Å². The molecule has 0 saturated heterocycles. The van der Waals surface area contributed by atoms with Crippen molar-refractivity contribution < 1.29 is 9.59 Å². The summed E-state index contributed by atoms with van der Waals surface area (Å²) in [6.45, 7) is 9.06. The molecule has 6 nitrogen and oxygen atoms in total. The van der Waals surface area contributed by atoms with Crippen molar-refractivity contribution in [2.75, 3.05) is 44.9 Å². The molecule has 0 spiro atoms. The normalized spacial score (nSPS) is 12.2. The molecule has 2 N–H and O–H groups in total. The van der Waals surface area contributed by atoms with Crippen molar-refractivity contribution in [1.29, 1.82) is 0 Å². The van der Waals surface area contributed by atoms with Gasteiger partial charge in [-0.05, 0) is 90.5 Å². The second-order valence-electron chi connectivity index (χ2n) is 8.93. The van der Waals surface area contributed by atoms with Crippen molar-refractivity contribution in [1.82, 2.24) is 9.80 Å². The molecule has 0 unspecified atom stereocenters. The minimum atomic E-state index is -0.231. The van der Waals surface area contributed by atoms with Gasteiger partial charge in [-0.3, -0.25) is 19.4 Å². The lowest BCUT2D eigenvalue weighted by Gasteiger charge is -2.25. The van der Waals surface area contributed by atoms with Crippen LogP contribution in [0, 0.1) is 27.7 Å². The lowest BCUT2D eigenvalue weighted by molar-refractivity contribution is -0.121. The topological polar surface area (TPSA) is 64.7 Å². The van der Waals surface area contributed by atoms with Crippen LogP contribution in [0.5, 0.6) is 0 Å². The molecule has 2 aromatic rings. The minimum absolute atomic E-state index is 0.00261. The third kappa shape index (κ3) is 7.18. The fourth-order valence-electron chi connectivity index (χ4n) is 3.91. The van der Waals surface area contributed by atoms with Crippen LogP contribution in [0.2, 0.25) is 0 Å². The molecule has 1 atom stereocenters. The molecule has 2 rings (SSSR count). The molecule has 0 fully saturated rings. The van der Waals surface area contributed by atoms with Gasteiger partial charge in [0.25, 0.3) is 0 Å². The first-order valence-electron chi connectivity index (χ1n) is 11.2. The van der Waals surface area contributed by atoms with Crippen LogP contribution in [-0.4, -0.2) is 61.9 Å². The smallest absolute Gasteiger partial charge is 0.241 e. The van der Waals surface area contributed by atoms with Crippen molar-refractivity contribution in [3.8, 4) is 0 Å². The first-order valence-corrected chi connectivity index (χ1v) is 11.2. The average Bonchev–Trinajstić information content (AvgIpc) is 2.70. The molecule has 0 heterocycles. The van der Waals surface area contributed by atoms with Gasteiger partial charge in [-0.1, -0.05) is 36.4 Å². The largest absolute Gasteiger partial charge is 0.324 e. The molecular formula is C26H38N4O2. The van der Waals surface area contributed by atoms with Crippen LogP contribution >= 0.6 is 0 Å². The van der Waals surface area contributed by atoms with E-state index in [-0.39, 0.29) is 17.9 Å². The van der Waals surface area contributed by atoms with E-state index in [4.69, 9.17) is 0 Å². The molecule has 2 aromatic carbocycles. The Hall–Kier alpha value is -2.70. The highest BCUT2D eigenvalue weighted by Crippen LogP contribution is 2.21. The molecule has 2 amide bonds. The average molecular weight is 439 g/mol. The fraction of sp³-hybridized carbons (Fsp3) is 0.462. The molecule has 0 aliphatic heterocycles. The summed E-state index contributed by atoms with van der Waals surface area (Å²) >= 11 is 0. The van der Waals surface area contributed by atoms with E-state index in [0.717, 1.165) is 46.6 Å². The maximum Gasteiger partial charge on any atom is 0.241 e. The number of likely N-dealkylation sites (N-methyl/N-ethyl adjacent to an activating group) is 2. The van der Waals surface area contributed by atoms with Crippen LogP contribution in [0.3, 0.4) is 0 Å². The summed E-state index contributed by atoms with van der Waals surface area (Å²) in [7, 11) is 5.79. The second kappa shape index (κ2) is 11.8. The first kappa shape index (κ1) is 25.6. The van der Waals surface area contributed by atoms with Crippen LogP contribution < -0.4 is 10.6 Å². The number of aryl methyl sites for hydroxylation is 4. The van der Waals surface area contributed by atoms with E-state index in [1.165, 1.54) is 0 Å². The van der Waals surface area contributed by atoms with Gasteiger partial charge in [0.15, 0.2) is 0 Å². The van der Waals surface area contributed by atoms with E-state index in [1.54, 1.807) is 0 Å². The van der Waals surface area contributed by atoms with Gasteiger partial charge in [0.05, 0.1) is 12.6 Å². The standard InChI is InChI=1S/C26H38N4O2/c1-18-11-8-12-19(2)24(18)27-23(31)17-30(7)16-10-15-22(29(5)6)26(32)28-25-20(3)13-9-14-21(25)4/h8-9,11-14,22H,10,15-17H2,1-7H3,(H,27,31)(H,28,32)/t22-/m0/s1. The Labute approximate surface area is 193 Å². The van der Waals surface area contributed by atoms with Gasteiger partial charge in [0.1, 0.15) is 0 Å². The summed E-state index contributed by atoms with van der Waals surface area (Å²) in [4.78, 5) is 29.4. The number of hydrogen-bond acceptors (Lipinski definition) is 4. The number of nitrogens with zero attached hydrogens (tertiary/aromatic N) is 2. The van der Waals surface area contributed by atoms with Gasteiger partial charge in [0, 0.05) is 11.4 Å². The lowest BCUT2D eigenvalue weighted by atomic mass is 10.1. The second-order valence-corrected chi connectivity index (χ2v) is 8.93. The Morgan fingerprint density at radius 2 is 1.28 bits per heavy atom. The lowest BCUT2D eigenvalue weighted by Crippen LogP contribution is -2.40. The number of benzene rings is 2. The quantitative estimate of drug-likeness (QED) is 0.585. The number of amides is 2. The molecule has 0 bridgehead atoms. The summed E-state index contributed by atoms with van der Waals surface area (Å²) in [5, 5.41) is 6.14. The Bertz CT molecular complexity index is 899. The zero-order valence-electron chi connectivity index (χ0n) is 20.6. The summed E-state index contributed by atoms with van der Waals surface area (Å²) in [5.41, 5.74) is 6.02. The molecular weight excluding hydrogens is 400 g/mol. The van der Waals surface area contributed by atoms with Gasteiger partial charge >= 0.3 is 0 Å². The predicted octanol–water partition coefficient (Wildman–Crippen LogP) is 4.14. The van der Waals surface area contributed by atoms with Crippen LogP contribution in [0.25, 0.3) is 0 Å². The number of carbonyl (C=O) groups excluding carboxylic acids is 2. The highest BCUT2D eigenvalue weighted by Gasteiger charge is 2.22. The van der Waals surface area contributed by atoms with Crippen molar-refractivity contribution in [3.05, 3.63) is 58.7 Å². The fourth-order valence-corrected chi connectivity index (χ4v) is 3.91. The van der Waals surface area contributed by atoms with Gasteiger partial charge in [-0.15, -0.1) is 0 Å². The zero-order chi connectivity index (χ0) is 23.8. The first-order chi connectivity index (χ1) is 15.1. The monoisotopic (exact) mass is 438 g/mol. The van der Waals surface area contributed by atoms with Gasteiger partial charge in [-0.2, -0.15) is 0 Å². The van der Waals surface area contributed by atoms with Gasteiger partial charge in [-0.25, -0.2) is 0 Å². The van der Waals surface area contributed by atoms with E-state index < -0.39 is 0 Å². The molecule has 174 valence electrons. The molecule has 32 heavy (non-hydrogen) atoms. The number of nitrogens with one attached hydrogen (secondary N) is 2. The number of para-hydroxylation sites is 2. The minimum Gasteiger partial charge on any atom is -0.324 e. The van der Waals surface area contributed by atoms with Crippen LogP contribution in [0.4, 0.5) is 11.4 Å². The third-order valence-electron chi connectivity index (χ3n) is 5.83. The van der Waals surface area contributed by atoms with E-state index in [9.17, 15) is 9.59 Å². The van der Waals surface area contributed by atoms with E-state index in [1.807, 2.05) is 95.0 Å². The summed E-state index contributed by atoms with van der Waals surface area (Å²) in [5.74, 6) is -0.0235. The predicted molar refractivity (Wildman–Crippen MR) is 133 cm³/mol. The van der Waals surface area contributed by atoms with Gasteiger partial charge < -0.3 is 10.6 Å². The van der Waals surface area contributed by atoms with E-state index >= 15 is 0 Å².